The monoisotopic (exact) mass is 262 g/mol. The molecule has 0 saturated carbocycles. The van der Waals surface area contributed by atoms with Crippen LogP contribution in [0.15, 0.2) is 24.3 Å². The minimum atomic E-state index is -0.835. The Morgan fingerprint density at radius 2 is 2.11 bits per heavy atom. The minimum absolute atomic E-state index is 0.0132. The number of likely N-dealkylation sites (tertiary alicyclic amines) is 1. The van der Waals surface area contributed by atoms with Crippen molar-refractivity contribution in [3.63, 3.8) is 0 Å². The molecule has 1 aromatic carbocycles. The van der Waals surface area contributed by atoms with Gasteiger partial charge in [-0.15, -0.1) is 0 Å². The number of nitrogens with one attached hydrogen (secondary N) is 1. The average molecular weight is 262 g/mol. The molecule has 1 saturated heterocycles. The van der Waals surface area contributed by atoms with Gasteiger partial charge in [0.25, 0.3) is 0 Å². The molecule has 0 aliphatic carbocycles. The highest BCUT2D eigenvalue weighted by atomic mass is 16.4. The summed E-state index contributed by atoms with van der Waals surface area (Å²) in [4.78, 5) is 24.6. The largest absolute Gasteiger partial charge is 0.481 e. The van der Waals surface area contributed by atoms with Gasteiger partial charge in [-0.3, -0.25) is 4.79 Å². The molecular formula is C14H18N2O3. The first-order valence-corrected chi connectivity index (χ1v) is 6.33. The second kappa shape index (κ2) is 5.30. The zero-order valence-corrected chi connectivity index (χ0v) is 11.1. The molecule has 5 nitrogen and oxygen atoms in total. The molecule has 1 aliphatic heterocycles. The Morgan fingerprint density at radius 1 is 1.37 bits per heavy atom. The lowest BCUT2D eigenvalue weighted by Gasteiger charge is -2.17. The molecule has 2 atom stereocenters. The van der Waals surface area contributed by atoms with Crippen LogP contribution < -0.4 is 5.32 Å². The van der Waals surface area contributed by atoms with Gasteiger partial charge in [0, 0.05) is 18.8 Å². The zero-order chi connectivity index (χ0) is 14.0. The van der Waals surface area contributed by atoms with Crippen molar-refractivity contribution >= 4 is 17.7 Å². The van der Waals surface area contributed by atoms with Crippen molar-refractivity contribution in [3.05, 3.63) is 29.8 Å². The summed E-state index contributed by atoms with van der Waals surface area (Å²) in [5.74, 6) is -1.32. The number of anilines is 1. The number of carboxylic acids is 1. The summed E-state index contributed by atoms with van der Waals surface area (Å²) < 4.78 is 0. The predicted octanol–water partition coefficient (Wildman–Crippen LogP) is 2.18. The fourth-order valence-corrected chi connectivity index (χ4v) is 2.38. The van der Waals surface area contributed by atoms with E-state index >= 15 is 0 Å². The molecule has 0 bridgehead atoms. The Labute approximate surface area is 112 Å². The van der Waals surface area contributed by atoms with Crippen molar-refractivity contribution in [3.8, 4) is 0 Å². The van der Waals surface area contributed by atoms with Crippen LogP contribution in [0.25, 0.3) is 0 Å². The molecule has 1 aliphatic rings. The van der Waals surface area contributed by atoms with E-state index in [0.717, 1.165) is 11.3 Å². The fourth-order valence-electron chi connectivity index (χ4n) is 2.38. The molecule has 102 valence electrons. The van der Waals surface area contributed by atoms with Crippen molar-refractivity contribution < 1.29 is 14.7 Å². The molecule has 1 heterocycles. The molecule has 5 heteroatoms. The topological polar surface area (TPSA) is 69.6 Å². The molecule has 2 amide bonds. The minimum Gasteiger partial charge on any atom is -0.481 e. The van der Waals surface area contributed by atoms with Crippen LogP contribution in [0.5, 0.6) is 0 Å². The highest BCUT2D eigenvalue weighted by Crippen LogP contribution is 2.24. The summed E-state index contributed by atoms with van der Waals surface area (Å²) in [6.07, 6.45) is 0. The molecule has 0 aromatic heterocycles. The van der Waals surface area contributed by atoms with E-state index < -0.39 is 11.9 Å². The lowest BCUT2D eigenvalue weighted by atomic mass is 9.99. The maximum atomic E-state index is 12.1. The van der Waals surface area contributed by atoms with Gasteiger partial charge in [0.2, 0.25) is 0 Å². The second-order valence-electron chi connectivity index (χ2n) is 5.13. The average Bonchev–Trinajstić information content (AvgIpc) is 2.71. The number of aliphatic carboxylic acids is 1. The van der Waals surface area contributed by atoms with E-state index in [1.807, 2.05) is 38.1 Å². The van der Waals surface area contributed by atoms with Gasteiger partial charge in [0.05, 0.1) is 5.92 Å². The number of nitrogens with zero attached hydrogens (tertiary/aromatic N) is 1. The summed E-state index contributed by atoms with van der Waals surface area (Å²) >= 11 is 0. The molecule has 0 spiro atoms. The van der Waals surface area contributed by atoms with Gasteiger partial charge in [-0.2, -0.15) is 0 Å². The van der Waals surface area contributed by atoms with Gasteiger partial charge in [0.15, 0.2) is 0 Å². The number of carbonyl (C=O) groups excluding carboxylic acids is 1. The molecule has 0 unspecified atom stereocenters. The third-order valence-corrected chi connectivity index (χ3v) is 3.49. The number of benzene rings is 1. The van der Waals surface area contributed by atoms with Crippen LogP contribution >= 0.6 is 0 Å². The summed E-state index contributed by atoms with van der Waals surface area (Å²) in [5, 5.41) is 11.8. The number of aryl methyl sites for hydroxylation is 1. The van der Waals surface area contributed by atoms with Gasteiger partial charge in [-0.05, 0) is 30.5 Å². The maximum Gasteiger partial charge on any atom is 0.321 e. The third-order valence-electron chi connectivity index (χ3n) is 3.49. The zero-order valence-electron chi connectivity index (χ0n) is 11.1. The van der Waals surface area contributed by atoms with E-state index in [9.17, 15) is 9.59 Å². The van der Waals surface area contributed by atoms with E-state index in [1.54, 1.807) is 4.90 Å². The van der Waals surface area contributed by atoms with Crippen molar-refractivity contribution in [1.29, 1.82) is 0 Å². The van der Waals surface area contributed by atoms with Gasteiger partial charge in [0.1, 0.15) is 0 Å². The Bertz CT molecular complexity index is 501. The van der Waals surface area contributed by atoms with Crippen molar-refractivity contribution in [2.45, 2.75) is 13.8 Å². The molecular weight excluding hydrogens is 244 g/mol. The molecule has 1 aromatic rings. The maximum absolute atomic E-state index is 12.1. The Balaban J connectivity index is 2.00. The van der Waals surface area contributed by atoms with Crippen molar-refractivity contribution in [2.75, 3.05) is 18.4 Å². The molecule has 19 heavy (non-hydrogen) atoms. The highest BCUT2D eigenvalue weighted by molar-refractivity contribution is 5.90. The summed E-state index contributed by atoms with van der Waals surface area (Å²) in [6, 6.07) is 7.29. The number of carboxylic acid groups (broad SMARTS) is 1. The lowest BCUT2D eigenvalue weighted by molar-refractivity contribution is -0.142. The van der Waals surface area contributed by atoms with Crippen molar-refractivity contribution in [1.82, 2.24) is 4.90 Å². The summed E-state index contributed by atoms with van der Waals surface area (Å²) in [6.45, 7) is 4.57. The SMILES string of the molecule is Cc1cccc(NC(=O)N2C[C@@H](C)[C@H](C(=O)O)C2)c1. The number of carbonyl (C=O) groups is 2. The lowest BCUT2D eigenvalue weighted by Crippen LogP contribution is -2.33. The van der Waals surface area contributed by atoms with Gasteiger partial charge in [-0.1, -0.05) is 19.1 Å². The normalized spacial score (nSPS) is 22.3. The highest BCUT2D eigenvalue weighted by Gasteiger charge is 2.36. The van der Waals surface area contributed by atoms with Gasteiger partial charge in [-0.25, -0.2) is 4.79 Å². The molecule has 0 radical (unpaired) electrons. The van der Waals surface area contributed by atoms with E-state index in [-0.39, 0.29) is 18.5 Å². The van der Waals surface area contributed by atoms with Crippen LogP contribution in [0.4, 0.5) is 10.5 Å². The predicted molar refractivity (Wildman–Crippen MR) is 72.1 cm³/mol. The van der Waals surface area contributed by atoms with E-state index in [4.69, 9.17) is 5.11 Å². The summed E-state index contributed by atoms with van der Waals surface area (Å²) in [7, 11) is 0. The first-order valence-electron chi connectivity index (χ1n) is 6.33. The standard InChI is InChI=1S/C14H18N2O3/c1-9-4-3-5-11(6-9)15-14(19)16-7-10(2)12(8-16)13(17)18/h3-6,10,12H,7-8H2,1-2H3,(H,15,19)(H,17,18)/t10-,12-/m1/s1. The number of hydrogen-bond acceptors (Lipinski definition) is 2. The van der Waals surface area contributed by atoms with Crippen molar-refractivity contribution in [2.24, 2.45) is 11.8 Å². The van der Waals surface area contributed by atoms with Crippen LogP contribution in [-0.2, 0) is 4.79 Å². The molecule has 2 rings (SSSR count). The summed E-state index contributed by atoms with van der Waals surface area (Å²) in [5.41, 5.74) is 1.80. The number of amides is 2. The first-order chi connectivity index (χ1) is 8.97. The van der Waals surface area contributed by atoms with Crippen LogP contribution in [0.2, 0.25) is 0 Å². The molecule has 2 N–H and O–H groups in total. The number of hydrogen-bond donors (Lipinski definition) is 2. The Hall–Kier alpha value is -2.04. The molecule has 1 fully saturated rings. The number of rotatable bonds is 2. The smallest absolute Gasteiger partial charge is 0.321 e. The number of urea groups is 1. The van der Waals surface area contributed by atoms with Crippen LogP contribution in [0.1, 0.15) is 12.5 Å². The van der Waals surface area contributed by atoms with Crippen LogP contribution in [-0.4, -0.2) is 35.1 Å². The van der Waals surface area contributed by atoms with E-state index in [1.165, 1.54) is 0 Å². The van der Waals surface area contributed by atoms with E-state index in [0.29, 0.717) is 6.54 Å². The quantitative estimate of drug-likeness (QED) is 0.858. The Morgan fingerprint density at radius 3 is 2.68 bits per heavy atom. The van der Waals surface area contributed by atoms with Crippen LogP contribution in [0, 0.1) is 18.8 Å². The van der Waals surface area contributed by atoms with Crippen LogP contribution in [0.3, 0.4) is 0 Å². The van der Waals surface area contributed by atoms with Gasteiger partial charge >= 0.3 is 12.0 Å². The Kier molecular flexibility index (Phi) is 3.74. The third kappa shape index (κ3) is 3.05. The second-order valence-corrected chi connectivity index (χ2v) is 5.13. The first kappa shape index (κ1) is 13.4. The van der Waals surface area contributed by atoms with Gasteiger partial charge < -0.3 is 15.3 Å². The van der Waals surface area contributed by atoms with E-state index in [2.05, 4.69) is 5.32 Å². The fraction of sp³-hybridized carbons (Fsp3) is 0.429.